The van der Waals surface area contributed by atoms with E-state index in [0.29, 0.717) is 5.56 Å². The Morgan fingerprint density at radius 2 is 1.96 bits per heavy atom. The second-order valence-corrected chi connectivity index (χ2v) is 6.95. The first-order chi connectivity index (χ1) is 13.4. The molecule has 0 saturated carbocycles. The third kappa shape index (κ3) is 4.23. The van der Waals surface area contributed by atoms with Crippen molar-refractivity contribution >= 4 is 24.5 Å². The lowest BCUT2D eigenvalue weighted by Gasteiger charge is -2.21. The Hall–Kier alpha value is -2.71. The van der Waals surface area contributed by atoms with Gasteiger partial charge in [-0.2, -0.15) is 0 Å². The molecule has 0 saturated heterocycles. The maximum Gasteiger partial charge on any atom is 0.494 e. The van der Waals surface area contributed by atoms with Crippen LogP contribution in [-0.4, -0.2) is 30.1 Å². The first-order valence-electron chi connectivity index (χ1n) is 9.01. The number of esters is 1. The number of fused-ring (bicyclic) bond motifs is 1. The van der Waals surface area contributed by atoms with Gasteiger partial charge < -0.3 is 19.7 Å². The lowest BCUT2D eigenvalue weighted by molar-refractivity contribution is -0.148. The van der Waals surface area contributed by atoms with Gasteiger partial charge in [-0.3, -0.25) is 4.79 Å². The van der Waals surface area contributed by atoms with Crippen molar-refractivity contribution in [2.45, 2.75) is 33.1 Å². The Morgan fingerprint density at radius 1 is 1.25 bits per heavy atom. The van der Waals surface area contributed by atoms with Gasteiger partial charge in [0.25, 0.3) is 5.91 Å². The molecular weight excluding hydrogens is 364 g/mol. The number of benzene rings is 2. The van der Waals surface area contributed by atoms with Crippen LogP contribution in [-0.2, 0) is 27.4 Å². The summed E-state index contributed by atoms with van der Waals surface area (Å²) < 4.78 is 25.0. The van der Waals surface area contributed by atoms with Crippen LogP contribution in [0.5, 0.6) is 0 Å². The summed E-state index contributed by atoms with van der Waals surface area (Å²) in [4.78, 5) is 25.0. The van der Waals surface area contributed by atoms with Crippen LogP contribution < -0.4 is 10.8 Å². The molecule has 1 unspecified atom stereocenters. The summed E-state index contributed by atoms with van der Waals surface area (Å²) in [6.07, 6.45) is 0. The Labute approximate surface area is 162 Å². The van der Waals surface area contributed by atoms with E-state index in [1.807, 2.05) is 30.3 Å². The van der Waals surface area contributed by atoms with Crippen LogP contribution in [0.15, 0.2) is 42.5 Å². The van der Waals surface area contributed by atoms with E-state index >= 15 is 0 Å². The molecule has 8 heteroatoms. The van der Waals surface area contributed by atoms with Gasteiger partial charge in [0, 0.05) is 5.46 Å². The molecule has 0 aromatic heterocycles. The number of carbonyl (C=O) groups is 2. The second-order valence-electron chi connectivity index (χ2n) is 6.95. The summed E-state index contributed by atoms with van der Waals surface area (Å²) in [5.41, 5.74) is 1.01. The number of nitrogens with one attached hydrogen (secondary N) is 1. The maximum absolute atomic E-state index is 14.7. The van der Waals surface area contributed by atoms with Crippen molar-refractivity contribution in [2.75, 3.05) is 0 Å². The molecule has 1 aliphatic heterocycles. The van der Waals surface area contributed by atoms with Crippen molar-refractivity contribution in [3.05, 3.63) is 65.0 Å². The lowest BCUT2D eigenvalue weighted by atomic mass is 9.78. The zero-order chi connectivity index (χ0) is 20.3. The van der Waals surface area contributed by atoms with Gasteiger partial charge in [0.2, 0.25) is 0 Å². The molecule has 0 radical (unpaired) electrons. The van der Waals surface area contributed by atoms with Gasteiger partial charge in [0.1, 0.15) is 18.5 Å². The van der Waals surface area contributed by atoms with Crippen LogP contribution >= 0.6 is 0 Å². The van der Waals surface area contributed by atoms with Gasteiger partial charge in [-0.05, 0) is 23.1 Å². The second kappa shape index (κ2) is 8.54. The highest BCUT2D eigenvalue weighted by Crippen LogP contribution is 2.16. The van der Waals surface area contributed by atoms with Crippen molar-refractivity contribution in [3.63, 3.8) is 0 Å². The average Bonchev–Trinajstić information content (AvgIpc) is 3.06. The number of carbonyl (C=O) groups excluding carboxylic acids is 2. The van der Waals surface area contributed by atoms with Gasteiger partial charge in [-0.15, -0.1) is 0 Å². The highest BCUT2D eigenvalue weighted by atomic mass is 19.1. The largest absolute Gasteiger partial charge is 0.494 e. The fourth-order valence-corrected chi connectivity index (χ4v) is 2.99. The molecule has 2 aromatic rings. The van der Waals surface area contributed by atoms with Crippen LogP contribution in [0.25, 0.3) is 0 Å². The smallest absolute Gasteiger partial charge is 0.459 e. The number of amides is 1. The van der Waals surface area contributed by atoms with Crippen LogP contribution in [0.1, 0.15) is 35.3 Å². The van der Waals surface area contributed by atoms with Gasteiger partial charge in [0.05, 0.1) is 12.2 Å². The molecule has 146 valence electrons. The predicted molar refractivity (Wildman–Crippen MR) is 101 cm³/mol. The number of halogens is 1. The minimum absolute atomic E-state index is 0.0413. The van der Waals surface area contributed by atoms with Crippen LogP contribution in [0.3, 0.4) is 0 Å². The van der Waals surface area contributed by atoms with E-state index in [0.717, 1.165) is 5.56 Å². The van der Waals surface area contributed by atoms with Crippen molar-refractivity contribution in [1.29, 1.82) is 0 Å². The number of hydrogen-bond donors (Lipinski definition) is 2. The summed E-state index contributed by atoms with van der Waals surface area (Å²) in [6, 6.07) is 11.1. The Morgan fingerprint density at radius 3 is 2.64 bits per heavy atom. The van der Waals surface area contributed by atoms with E-state index in [4.69, 9.17) is 9.39 Å². The van der Waals surface area contributed by atoms with Gasteiger partial charge in [-0.25, -0.2) is 9.18 Å². The molecule has 0 bridgehead atoms. The monoisotopic (exact) mass is 385 g/mol. The molecule has 28 heavy (non-hydrogen) atoms. The number of rotatable bonds is 6. The van der Waals surface area contributed by atoms with Crippen molar-refractivity contribution in [2.24, 2.45) is 5.92 Å². The molecule has 3 rings (SSSR count). The molecule has 1 heterocycles. The van der Waals surface area contributed by atoms with E-state index in [1.54, 1.807) is 13.8 Å². The highest BCUT2D eigenvalue weighted by Gasteiger charge is 2.34. The lowest BCUT2D eigenvalue weighted by Crippen LogP contribution is -2.46. The van der Waals surface area contributed by atoms with Crippen LogP contribution in [0.4, 0.5) is 4.39 Å². The van der Waals surface area contributed by atoms with Crippen LogP contribution in [0.2, 0.25) is 0 Å². The maximum atomic E-state index is 14.7. The quantitative estimate of drug-likeness (QED) is 0.582. The van der Waals surface area contributed by atoms with Crippen molar-refractivity contribution in [3.8, 4) is 0 Å². The predicted octanol–water partition coefficient (Wildman–Crippen LogP) is 1.54. The summed E-state index contributed by atoms with van der Waals surface area (Å²) in [6.45, 7) is 3.67. The standard InChI is InChI=1S/C20H21BFNO5/c1-12(2)18(20(25)27-10-13-6-4-3-5-7-13)23-19(24)15-9-8-14-11-28-21(26)16(14)17(15)22/h3-9,12,18,26H,10-11H2,1-2H3,(H,23,24). The SMILES string of the molecule is CC(C)C(NC(=O)c1ccc2c(c1F)B(O)OC2)C(=O)OCc1ccccc1. The molecular formula is C20H21BFNO5. The molecule has 2 N–H and O–H groups in total. The molecule has 1 atom stereocenters. The first kappa shape index (κ1) is 20.0. The highest BCUT2D eigenvalue weighted by molar-refractivity contribution is 6.61. The third-order valence-electron chi connectivity index (χ3n) is 4.59. The van der Waals surface area contributed by atoms with E-state index in [9.17, 15) is 19.0 Å². The van der Waals surface area contributed by atoms with E-state index in [1.165, 1.54) is 12.1 Å². The Kier molecular flexibility index (Phi) is 6.11. The topological polar surface area (TPSA) is 84.9 Å². The summed E-state index contributed by atoms with van der Waals surface area (Å²) in [5.74, 6) is -2.47. The number of hydrogen-bond acceptors (Lipinski definition) is 5. The van der Waals surface area contributed by atoms with E-state index in [2.05, 4.69) is 5.32 Å². The summed E-state index contributed by atoms with van der Waals surface area (Å²) in [5, 5.41) is 12.3. The molecule has 0 aliphatic carbocycles. The number of ether oxygens (including phenoxy) is 1. The molecule has 0 fully saturated rings. The Bertz CT molecular complexity index is 874. The first-order valence-corrected chi connectivity index (χ1v) is 9.01. The van der Waals surface area contributed by atoms with Gasteiger partial charge in [0.15, 0.2) is 0 Å². The normalized spacial score (nSPS) is 14.0. The average molecular weight is 385 g/mol. The van der Waals surface area contributed by atoms with Gasteiger partial charge in [-0.1, -0.05) is 50.2 Å². The summed E-state index contributed by atoms with van der Waals surface area (Å²) in [7, 11) is -1.40. The van der Waals surface area contributed by atoms with E-state index in [-0.39, 0.29) is 30.2 Å². The fraction of sp³-hybridized carbons (Fsp3) is 0.300. The molecule has 2 aromatic carbocycles. The van der Waals surface area contributed by atoms with Crippen molar-refractivity contribution < 1.29 is 28.4 Å². The van der Waals surface area contributed by atoms with Crippen LogP contribution in [0, 0.1) is 11.7 Å². The van der Waals surface area contributed by atoms with E-state index < -0.39 is 30.9 Å². The minimum Gasteiger partial charge on any atom is -0.459 e. The van der Waals surface area contributed by atoms with Gasteiger partial charge >= 0.3 is 13.1 Å². The summed E-state index contributed by atoms with van der Waals surface area (Å²) >= 11 is 0. The third-order valence-corrected chi connectivity index (χ3v) is 4.59. The molecule has 0 spiro atoms. The zero-order valence-electron chi connectivity index (χ0n) is 15.6. The zero-order valence-corrected chi connectivity index (χ0v) is 15.6. The fourth-order valence-electron chi connectivity index (χ4n) is 2.99. The molecule has 6 nitrogen and oxygen atoms in total. The minimum atomic E-state index is -1.40. The molecule has 1 amide bonds. The molecule has 1 aliphatic rings. The Balaban J connectivity index is 1.71. The van der Waals surface area contributed by atoms with Crippen molar-refractivity contribution in [1.82, 2.24) is 5.32 Å².